The average molecular weight is 353 g/mol. The predicted octanol–water partition coefficient (Wildman–Crippen LogP) is 2.75. The first-order chi connectivity index (χ1) is 11.2. The summed E-state index contributed by atoms with van der Waals surface area (Å²) in [4.78, 5) is 18.5. The zero-order valence-electron chi connectivity index (χ0n) is 16.2. The molecule has 1 aliphatic heterocycles. The van der Waals surface area contributed by atoms with E-state index >= 15 is 0 Å². The Balaban J connectivity index is 2.89. The number of carbonyl (C=O) groups is 1. The van der Waals surface area contributed by atoms with Gasteiger partial charge in [0.25, 0.3) is 7.41 Å². The van der Waals surface area contributed by atoms with Gasteiger partial charge in [0.15, 0.2) is 8.32 Å². The summed E-state index contributed by atoms with van der Waals surface area (Å²) in [5, 5.41) is 0.160. The second-order valence-electron chi connectivity index (χ2n) is 8.02. The van der Waals surface area contributed by atoms with Crippen molar-refractivity contribution in [2.24, 2.45) is 0 Å². The summed E-state index contributed by atoms with van der Waals surface area (Å²) >= 11 is 0. The maximum absolute atomic E-state index is 11.0. The fourth-order valence-electron chi connectivity index (χ4n) is 2.74. The van der Waals surface area contributed by atoms with Crippen molar-refractivity contribution in [2.45, 2.75) is 76.9 Å². The molecular weight excluding hydrogens is 319 g/mol. The van der Waals surface area contributed by atoms with Crippen molar-refractivity contribution in [3.05, 3.63) is 12.7 Å². The summed E-state index contributed by atoms with van der Waals surface area (Å²) in [6.45, 7) is 18.3. The van der Waals surface area contributed by atoms with E-state index in [0.717, 1.165) is 19.0 Å². The third-order valence-corrected chi connectivity index (χ3v) is 9.75. The predicted molar refractivity (Wildman–Crippen MR) is 103 cm³/mol. The summed E-state index contributed by atoms with van der Waals surface area (Å²) in [7, 11) is -0.241. The first-order valence-electron chi connectivity index (χ1n) is 8.86. The van der Waals surface area contributed by atoms with Gasteiger partial charge in [0, 0.05) is 12.6 Å². The number of piperidine rings is 1. The fraction of sp³-hybridized carbons (Fsp3) is 0.824. The lowest BCUT2D eigenvalue weighted by Gasteiger charge is -2.47. The summed E-state index contributed by atoms with van der Waals surface area (Å²) in [5.41, 5.74) is 3.13. The molecule has 7 heteroatoms. The lowest BCUT2D eigenvalue weighted by Crippen LogP contribution is -2.61. The SMILES string of the molecule is C=CCON[C@H]1CN([B]C=O)[C@H](CC)C[C@@H]1O[Si](C)(C)C(C)(C)C. The van der Waals surface area contributed by atoms with Crippen LogP contribution in [0.3, 0.4) is 0 Å². The summed E-state index contributed by atoms with van der Waals surface area (Å²) < 4.78 is 6.69. The highest BCUT2D eigenvalue weighted by atomic mass is 28.4. The number of hydrogen-bond donors (Lipinski definition) is 1. The normalized spacial score (nSPS) is 26.2. The van der Waals surface area contributed by atoms with Crippen LogP contribution in [0.1, 0.15) is 40.5 Å². The van der Waals surface area contributed by atoms with Crippen molar-refractivity contribution in [1.82, 2.24) is 10.3 Å². The van der Waals surface area contributed by atoms with Crippen molar-refractivity contribution in [3.8, 4) is 0 Å². The topological polar surface area (TPSA) is 50.8 Å². The van der Waals surface area contributed by atoms with Gasteiger partial charge in [-0.2, -0.15) is 5.48 Å². The van der Waals surface area contributed by atoms with Crippen molar-refractivity contribution in [3.63, 3.8) is 0 Å². The Morgan fingerprint density at radius 3 is 2.58 bits per heavy atom. The molecule has 1 saturated heterocycles. The van der Waals surface area contributed by atoms with Crippen LogP contribution in [0, 0.1) is 0 Å². The molecule has 1 radical (unpaired) electrons. The van der Waals surface area contributed by atoms with Crippen LogP contribution in [0.2, 0.25) is 18.1 Å². The molecule has 137 valence electrons. The largest absolute Gasteiger partial charge is 0.412 e. The van der Waals surface area contributed by atoms with Gasteiger partial charge < -0.3 is 14.0 Å². The van der Waals surface area contributed by atoms with E-state index in [9.17, 15) is 4.79 Å². The Kier molecular flexibility index (Phi) is 8.35. The molecule has 0 aromatic rings. The molecule has 5 nitrogen and oxygen atoms in total. The first-order valence-corrected chi connectivity index (χ1v) is 11.8. The van der Waals surface area contributed by atoms with Gasteiger partial charge in [-0.1, -0.05) is 33.8 Å². The van der Waals surface area contributed by atoms with Gasteiger partial charge in [0.05, 0.1) is 24.9 Å². The number of nitrogens with one attached hydrogen (secondary N) is 1. The van der Waals surface area contributed by atoms with Gasteiger partial charge in [-0.25, -0.2) is 0 Å². The summed E-state index contributed by atoms with van der Waals surface area (Å²) in [5.74, 6) is 0. The van der Waals surface area contributed by atoms with Gasteiger partial charge in [0.2, 0.25) is 0 Å². The molecule has 0 aromatic carbocycles. The minimum atomic E-state index is -1.88. The Labute approximate surface area is 149 Å². The molecule has 1 aliphatic rings. The number of hydroxylamine groups is 1. The highest BCUT2D eigenvalue weighted by molar-refractivity contribution is 6.74. The molecule has 0 amide bonds. The van der Waals surface area contributed by atoms with Crippen LogP contribution in [0.5, 0.6) is 0 Å². The molecule has 1 heterocycles. The van der Waals surface area contributed by atoms with Crippen LogP contribution < -0.4 is 5.48 Å². The van der Waals surface area contributed by atoms with Crippen LogP contribution in [0.4, 0.5) is 0 Å². The zero-order chi connectivity index (χ0) is 18.4. The zero-order valence-corrected chi connectivity index (χ0v) is 17.2. The van der Waals surface area contributed by atoms with Gasteiger partial charge in [-0.3, -0.25) is 4.84 Å². The molecule has 1 rings (SSSR count). The molecule has 1 N–H and O–H groups in total. The second-order valence-corrected chi connectivity index (χ2v) is 12.8. The summed E-state index contributed by atoms with van der Waals surface area (Å²) in [6.07, 6.45) is 4.53. The number of hydrogen-bond acceptors (Lipinski definition) is 5. The molecular formula is C17H34BN2O3Si. The standard InChI is InChI=1S/C17H34BN2O3Si/c1-8-10-22-19-15-12-20(18-13-21)14(9-2)11-16(15)23-24(6,7)17(3,4)5/h8,13-16,19H,1,9-12H2,2-7H3/t14-,15+,16+/m1/s1. The molecule has 0 spiro atoms. The van der Waals surface area contributed by atoms with Crippen molar-refractivity contribution >= 4 is 21.9 Å². The maximum atomic E-state index is 11.0. The van der Waals surface area contributed by atoms with Gasteiger partial charge >= 0.3 is 0 Å². The van der Waals surface area contributed by atoms with Crippen LogP contribution in [0.15, 0.2) is 12.7 Å². The molecule has 0 unspecified atom stereocenters. The minimum absolute atomic E-state index is 0.0260. The molecule has 0 aromatic heterocycles. The molecule has 0 aliphatic carbocycles. The van der Waals surface area contributed by atoms with Gasteiger partial charge in [-0.05, 0) is 31.0 Å². The van der Waals surface area contributed by atoms with Crippen molar-refractivity contribution in [1.29, 1.82) is 0 Å². The Morgan fingerprint density at radius 1 is 1.42 bits per heavy atom. The number of carbonyl (C=O) groups excluding carboxylic acids is 1. The highest BCUT2D eigenvalue weighted by Gasteiger charge is 2.43. The van der Waals surface area contributed by atoms with E-state index < -0.39 is 8.32 Å². The molecule has 3 atom stereocenters. The molecule has 24 heavy (non-hydrogen) atoms. The Morgan fingerprint density at radius 2 is 2.08 bits per heavy atom. The third kappa shape index (κ3) is 5.81. The van der Waals surface area contributed by atoms with E-state index in [1.54, 1.807) is 13.5 Å². The second kappa shape index (κ2) is 9.29. The average Bonchev–Trinajstić information content (AvgIpc) is 2.48. The van der Waals surface area contributed by atoms with E-state index in [4.69, 9.17) is 9.26 Å². The number of nitrogens with zero attached hydrogens (tertiary/aromatic N) is 1. The highest BCUT2D eigenvalue weighted by Crippen LogP contribution is 2.39. The van der Waals surface area contributed by atoms with Crippen LogP contribution in [-0.2, 0) is 14.1 Å². The maximum Gasteiger partial charge on any atom is 0.293 e. The first kappa shape index (κ1) is 21.6. The smallest absolute Gasteiger partial charge is 0.293 e. The van der Waals surface area contributed by atoms with E-state index in [0.29, 0.717) is 19.2 Å². The molecule has 0 bridgehead atoms. The van der Waals surface area contributed by atoms with Crippen LogP contribution in [-0.4, -0.2) is 58.1 Å². The third-order valence-electron chi connectivity index (χ3n) is 5.24. The summed E-state index contributed by atoms with van der Waals surface area (Å²) in [6, 6.07) is 0.348. The van der Waals surface area contributed by atoms with Gasteiger partial charge in [-0.15, -0.1) is 6.58 Å². The monoisotopic (exact) mass is 353 g/mol. The van der Waals surface area contributed by atoms with Gasteiger partial charge in [0.1, 0.15) is 0 Å². The fourth-order valence-corrected chi connectivity index (χ4v) is 4.11. The van der Waals surface area contributed by atoms with Crippen molar-refractivity contribution < 1.29 is 14.1 Å². The van der Waals surface area contributed by atoms with Crippen LogP contribution >= 0.6 is 0 Å². The van der Waals surface area contributed by atoms with E-state index in [-0.39, 0.29) is 17.2 Å². The molecule has 0 saturated carbocycles. The van der Waals surface area contributed by atoms with Crippen LogP contribution in [0.25, 0.3) is 0 Å². The Bertz CT molecular complexity index is 415. The number of rotatable bonds is 9. The van der Waals surface area contributed by atoms with Crippen molar-refractivity contribution in [2.75, 3.05) is 13.2 Å². The quantitative estimate of drug-likeness (QED) is 0.227. The lowest BCUT2D eigenvalue weighted by atomic mass is 9.83. The van der Waals surface area contributed by atoms with E-state index in [1.807, 2.05) is 0 Å². The molecule has 1 fully saturated rings. The van der Waals surface area contributed by atoms with E-state index in [1.165, 1.54) is 0 Å². The Hall–Kier alpha value is -0.468. The lowest BCUT2D eigenvalue weighted by molar-refractivity contribution is -0.0381. The minimum Gasteiger partial charge on any atom is -0.412 e. The van der Waals surface area contributed by atoms with E-state index in [2.05, 4.69) is 57.7 Å².